The van der Waals surface area contributed by atoms with Crippen LogP contribution in [0.3, 0.4) is 0 Å². The fourth-order valence-electron chi connectivity index (χ4n) is 2.00. The van der Waals surface area contributed by atoms with Gasteiger partial charge in [0, 0.05) is 25.8 Å². The van der Waals surface area contributed by atoms with Crippen molar-refractivity contribution in [2.75, 3.05) is 26.8 Å². The van der Waals surface area contributed by atoms with Crippen LogP contribution >= 0.6 is 24.0 Å². The van der Waals surface area contributed by atoms with Crippen LogP contribution in [0.4, 0.5) is 0 Å². The molecule has 0 saturated carbocycles. The quantitative estimate of drug-likeness (QED) is 0.298. The lowest BCUT2D eigenvalue weighted by Crippen LogP contribution is -2.38. The number of nitrogens with zero attached hydrogens (tertiary/aromatic N) is 2. The van der Waals surface area contributed by atoms with Gasteiger partial charge in [-0.1, -0.05) is 17.7 Å². The lowest BCUT2D eigenvalue weighted by atomic mass is 10.1. The number of aromatic nitrogens is 1. The third-order valence-electron chi connectivity index (χ3n) is 3.25. The topological polar surface area (TPSA) is 71.7 Å². The molecule has 6 nitrogen and oxygen atoms in total. The average Bonchev–Trinajstić information content (AvgIpc) is 3.04. The van der Waals surface area contributed by atoms with Crippen LogP contribution in [0.2, 0.25) is 0 Å². The molecule has 0 saturated heterocycles. The van der Waals surface area contributed by atoms with Gasteiger partial charge in [0.05, 0.1) is 18.8 Å². The van der Waals surface area contributed by atoms with Gasteiger partial charge in [-0.3, -0.25) is 4.99 Å². The summed E-state index contributed by atoms with van der Waals surface area (Å²) in [5.41, 5.74) is 3.01. The lowest BCUT2D eigenvalue weighted by molar-refractivity contribution is 0.152. The van der Waals surface area contributed by atoms with E-state index in [2.05, 4.69) is 27.5 Å². The Bertz CT molecular complexity index is 626. The van der Waals surface area contributed by atoms with Gasteiger partial charge >= 0.3 is 0 Å². The highest BCUT2D eigenvalue weighted by Crippen LogP contribution is 2.18. The number of benzene rings is 1. The van der Waals surface area contributed by atoms with Gasteiger partial charge in [0.1, 0.15) is 6.26 Å². The molecule has 0 amide bonds. The zero-order valence-electron chi connectivity index (χ0n) is 14.3. The number of nitrogens with one attached hydrogen (secondary N) is 2. The molecule has 0 aliphatic heterocycles. The van der Waals surface area contributed by atoms with E-state index in [1.807, 2.05) is 31.2 Å². The number of guanidine groups is 1. The van der Waals surface area contributed by atoms with E-state index in [0.717, 1.165) is 11.3 Å². The van der Waals surface area contributed by atoms with Crippen molar-refractivity contribution >= 4 is 29.9 Å². The van der Waals surface area contributed by atoms with Crippen LogP contribution in [0.1, 0.15) is 18.2 Å². The second kappa shape index (κ2) is 11.0. The van der Waals surface area contributed by atoms with Crippen LogP contribution in [0.25, 0.3) is 11.5 Å². The predicted molar refractivity (Wildman–Crippen MR) is 107 cm³/mol. The molecule has 24 heavy (non-hydrogen) atoms. The monoisotopic (exact) mass is 444 g/mol. The third kappa shape index (κ3) is 6.48. The molecule has 2 aromatic rings. The molecule has 7 heteroatoms. The predicted octanol–water partition coefficient (Wildman–Crippen LogP) is 2.97. The summed E-state index contributed by atoms with van der Waals surface area (Å²) in [5, 5.41) is 6.37. The number of hydrogen-bond donors (Lipinski definition) is 2. The van der Waals surface area contributed by atoms with Gasteiger partial charge < -0.3 is 19.8 Å². The first-order chi connectivity index (χ1) is 11.2. The number of halogens is 1. The molecule has 0 aliphatic carbocycles. The third-order valence-corrected chi connectivity index (χ3v) is 3.25. The second-order valence-electron chi connectivity index (χ2n) is 5.06. The molecule has 0 atom stereocenters. The highest BCUT2D eigenvalue weighted by Gasteiger charge is 2.07. The minimum atomic E-state index is 0. The Morgan fingerprint density at radius 3 is 2.67 bits per heavy atom. The van der Waals surface area contributed by atoms with Crippen LogP contribution < -0.4 is 10.6 Å². The van der Waals surface area contributed by atoms with Gasteiger partial charge in [0.15, 0.2) is 5.96 Å². The first-order valence-corrected chi connectivity index (χ1v) is 7.76. The highest BCUT2D eigenvalue weighted by atomic mass is 127. The number of oxazole rings is 1. The van der Waals surface area contributed by atoms with Crippen LogP contribution in [-0.2, 0) is 11.3 Å². The molecule has 0 unspecified atom stereocenters. The Morgan fingerprint density at radius 2 is 2.00 bits per heavy atom. The van der Waals surface area contributed by atoms with Crippen molar-refractivity contribution in [2.24, 2.45) is 4.99 Å². The molecular weight excluding hydrogens is 419 g/mol. The first-order valence-electron chi connectivity index (χ1n) is 7.76. The van der Waals surface area contributed by atoms with Crippen LogP contribution in [0, 0.1) is 6.92 Å². The number of hydrogen-bond acceptors (Lipinski definition) is 4. The summed E-state index contributed by atoms with van der Waals surface area (Å²) < 4.78 is 10.8. The van der Waals surface area contributed by atoms with Gasteiger partial charge in [-0.05, 0) is 26.0 Å². The molecule has 2 rings (SSSR count). The van der Waals surface area contributed by atoms with Crippen molar-refractivity contribution < 1.29 is 9.15 Å². The SMILES string of the molecule is CCOCCNC(=NC)NCc1coc(-c2ccc(C)cc2)n1.I. The normalized spacial score (nSPS) is 11.0. The molecule has 132 valence electrons. The fourth-order valence-corrected chi connectivity index (χ4v) is 2.00. The molecular formula is C17H25IN4O2. The van der Waals surface area contributed by atoms with Crippen LogP contribution in [0.5, 0.6) is 0 Å². The summed E-state index contributed by atoms with van der Waals surface area (Å²) in [4.78, 5) is 8.65. The molecule has 1 aromatic carbocycles. The summed E-state index contributed by atoms with van der Waals surface area (Å²) in [6.45, 7) is 6.65. The summed E-state index contributed by atoms with van der Waals surface area (Å²) in [6.07, 6.45) is 1.66. The van der Waals surface area contributed by atoms with E-state index in [1.54, 1.807) is 13.3 Å². The molecule has 0 aliphatic rings. The number of rotatable bonds is 7. The maximum atomic E-state index is 5.54. The Labute approximate surface area is 160 Å². The van der Waals surface area contributed by atoms with E-state index >= 15 is 0 Å². The number of aliphatic imine (C=N–C) groups is 1. The average molecular weight is 444 g/mol. The molecule has 1 heterocycles. The second-order valence-corrected chi connectivity index (χ2v) is 5.06. The Morgan fingerprint density at radius 1 is 1.25 bits per heavy atom. The van der Waals surface area contributed by atoms with Gasteiger partial charge in [-0.15, -0.1) is 24.0 Å². The minimum Gasteiger partial charge on any atom is -0.444 e. The van der Waals surface area contributed by atoms with Crippen molar-refractivity contribution in [3.63, 3.8) is 0 Å². The highest BCUT2D eigenvalue weighted by molar-refractivity contribution is 14.0. The maximum Gasteiger partial charge on any atom is 0.226 e. The van der Waals surface area contributed by atoms with E-state index in [9.17, 15) is 0 Å². The Balaban J connectivity index is 0.00000288. The molecule has 0 spiro atoms. The van der Waals surface area contributed by atoms with Gasteiger partial charge in [-0.25, -0.2) is 4.98 Å². The molecule has 0 radical (unpaired) electrons. The van der Waals surface area contributed by atoms with Crippen LogP contribution in [0.15, 0.2) is 39.9 Å². The van der Waals surface area contributed by atoms with Gasteiger partial charge in [0.2, 0.25) is 5.89 Å². The van der Waals surface area contributed by atoms with E-state index < -0.39 is 0 Å². The van der Waals surface area contributed by atoms with Crippen molar-refractivity contribution in [1.82, 2.24) is 15.6 Å². The summed E-state index contributed by atoms with van der Waals surface area (Å²) in [6, 6.07) is 8.10. The smallest absolute Gasteiger partial charge is 0.226 e. The van der Waals surface area contributed by atoms with Crippen molar-refractivity contribution in [3.8, 4) is 11.5 Å². The minimum absolute atomic E-state index is 0. The number of aryl methyl sites for hydroxylation is 1. The lowest BCUT2D eigenvalue weighted by Gasteiger charge is -2.10. The van der Waals surface area contributed by atoms with E-state index in [4.69, 9.17) is 9.15 Å². The summed E-state index contributed by atoms with van der Waals surface area (Å²) in [7, 11) is 1.73. The van der Waals surface area contributed by atoms with Gasteiger partial charge in [-0.2, -0.15) is 0 Å². The molecule has 0 bridgehead atoms. The van der Waals surface area contributed by atoms with Crippen molar-refractivity contribution in [1.29, 1.82) is 0 Å². The molecule has 0 fully saturated rings. The van der Waals surface area contributed by atoms with Crippen molar-refractivity contribution in [3.05, 3.63) is 41.8 Å². The summed E-state index contributed by atoms with van der Waals surface area (Å²) >= 11 is 0. The van der Waals surface area contributed by atoms with Gasteiger partial charge in [0.25, 0.3) is 0 Å². The summed E-state index contributed by atoms with van der Waals surface area (Å²) in [5.74, 6) is 1.34. The fraction of sp³-hybridized carbons (Fsp3) is 0.412. The van der Waals surface area contributed by atoms with E-state index in [1.165, 1.54) is 5.56 Å². The largest absolute Gasteiger partial charge is 0.444 e. The zero-order valence-corrected chi connectivity index (χ0v) is 16.7. The number of ether oxygens (including phenoxy) is 1. The zero-order chi connectivity index (χ0) is 16.5. The maximum absolute atomic E-state index is 5.54. The van der Waals surface area contributed by atoms with E-state index in [0.29, 0.717) is 38.2 Å². The Kier molecular flexibility index (Phi) is 9.39. The van der Waals surface area contributed by atoms with Crippen LogP contribution in [-0.4, -0.2) is 37.7 Å². The standard InChI is InChI=1S/C17H24N4O2.HI/c1-4-22-10-9-19-17(18-3)20-11-15-12-23-16(21-15)14-7-5-13(2)6-8-14;/h5-8,12H,4,9-11H2,1-3H3,(H2,18,19,20);1H. The first kappa shape index (κ1) is 20.4. The molecule has 1 aromatic heterocycles. The molecule has 2 N–H and O–H groups in total. The Hall–Kier alpha value is -1.61. The van der Waals surface area contributed by atoms with E-state index in [-0.39, 0.29) is 24.0 Å². The van der Waals surface area contributed by atoms with Crippen molar-refractivity contribution in [2.45, 2.75) is 20.4 Å².